The monoisotopic (exact) mass is 233 g/mol. The predicted octanol–water partition coefficient (Wildman–Crippen LogP) is 2.06. The van der Waals surface area contributed by atoms with E-state index in [2.05, 4.69) is 10.1 Å². The van der Waals surface area contributed by atoms with E-state index in [0.717, 1.165) is 19.2 Å². The fourth-order valence-electron chi connectivity index (χ4n) is 1.49. The molecule has 0 radical (unpaired) electrons. The Morgan fingerprint density at radius 2 is 2.24 bits per heavy atom. The zero-order valence-corrected chi connectivity index (χ0v) is 9.43. The number of rotatable bonds is 4. The Morgan fingerprint density at radius 1 is 1.41 bits per heavy atom. The molecule has 0 aliphatic carbocycles. The minimum Gasteiger partial charge on any atom is -0.287 e. The van der Waals surface area contributed by atoms with Crippen LogP contribution in [0.3, 0.4) is 0 Å². The zero-order chi connectivity index (χ0) is 12.3. The standard InChI is InChI=1S/C12H12FN3O/c1-2-5-16-8-9(6-15-16)12(17)11-4-3-10(13)7-14-11/h3-4,6-8H,2,5H2,1H3. The zero-order valence-electron chi connectivity index (χ0n) is 9.43. The summed E-state index contributed by atoms with van der Waals surface area (Å²) in [5.74, 6) is -0.699. The Balaban J connectivity index is 2.21. The molecular weight excluding hydrogens is 221 g/mol. The molecule has 0 amide bonds. The molecule has 0 bridgehead atoms. The lowest BCUT2D eigenvalue weighted by Gasteiger charge is -1.97. The second-order valence-electron chi connectivity index (χ2n) is 3.68. The van der Waals surface area contributed by atoms with Crippen LogP contribution in [-0.2, 0) is 6.54 Å². The Bertz CT molecular complexity index is 519. The van der Waals surface area contributed by atoms with Crippen LogP contribution in [0.4, 0.5) is 4.39 Å². The Hall–Kier alpha value is -2.04. The quantitative estimate of drug-likeness (QED) is 0.759. The minimum absolute atomic E-state index is 0.224. The number of ketones is 1. The lowest BCUT2D eigenvalue weighted by Crippen LogP contribution is -2.03. The first-order valence-electron chi connectivity index (χ1n) is 5.39. The SMILES string of the molecule is CCCn1cc(C(=O)c2ccc(F)cn2)cn1. The van der Waals surface area contributed by atoms with Crippen molar-refractivity contribution < 1.29 is 9.18 Å². The summed E-state index contributed by atoms with van der Waals surface area (Å²) in [5, 5.41) is 4.06. The average molecular weight is 233 g/mol. The highest BCUT2D eigenvalue weighted by Crippen LogP contribution is 2.07. The Morgan fingerprint density at radius 3 is 2.88 bits per heavy atom. The Kier molecular flexibility index (Phi) is 3.27. The summed E-state index contributed by atoms with van der Waals surface area (Å²) >= 11 is 0. The van der Waals surface area contributed by atoms with Crippen molar-refractivity contribution in [2.24, 2.45) is 0 Å². The van der Waals surface area contributed by atoms with Crippen molar-refractivity contribution in [3.63, 3.8) is 0 Å². The molecule has 0 unspecified atom stereocenters. The molecule has 2 heterocycles. The molecule has 0 N–H and O–H groups in total. The molecule has 17 heavy (non-hydrogen) atoms. The predicted molar refractivity (Wildman–Crippen MR) is 60.1 cm³/mol. The van der Waals surface area contributed by atoms with Crippen molar-refractivity contribution >= 4 is 5.78 Å². The van der Waals surface area contributed by atoms with Gasteiger partial charge in [0.05, 0.1) is 18.0 Å². The molecule has 0 spiro atoms. The number of aryl methyl sites for hydroxylation is 1. The van der Waals surface area contributed by atoms with Gasteiger partial charge in [0.15, 0.2) is 0 Å². The van der Waals surface area contributed by atoms with Gasteiger partial charge < -0.3 is 0 Å². The van der Waals surface area contributed by atoms with Gasteiger partial charge in [0.2, 0.25) is 5.78 Å². The van der Waals surface area contributed by atoms with Crippen LogP contribution in [0.1, 0.15) is 29.4 Å². The summed E-state index contributed by atoms with van der Waals surface area (Å²) in [4.78, 5) is 15.7. The van der Waals surface area contributed by atoms with Gasteiger partial charge in [-0.1, -0.05) is 6.92 Å². The summed E-state index contributed by atoms with van der Waals surface area (Å²) in [6.07, 6.45) is 5.16. The molecule has 5 heteroatoms. The van der Waals surface area contributed by atoms with Crippen molar-refractivity contribution in [1.29, 1.82) is 0 Å². The molecule has 2 aromatic rings. The number of pyridine rings is 1. The number of nitrogens with zero attached hydrogens (tertiary/aromatic N) is 3. The molecule has 0 saturated carbocycles. The fraction of sp³-hybridized carbons (Fsp3) is 0.250. The first-order valence-corrected chi connectivity index (χ1v) is 5.39. The smallest absolute Gasteiger partial charge is 0.214 e. The highest BCUT2D eigenvalue weighted by molar-refractivity contribution is 6.07. The Labute approximate surface area is 98.1 Å². The second kappa shape index (κ2) is 4.86. The van der Waals surface area contributed by atoms with Crippen LogP contribution in [0.5, 0.6) is 0 Å². The number of hydrogen-bond acceptors (Lipinski definition) is 3. The summed E-state index contributed by atoms with van der Waals surface area (Å²) in [6, 6.07) is 2.59. The molecule has 4 nitrogen and oxygen atoms in total. The lowest BCUT2D eigenvalue weighted by atomic mass is 10.1. The summed E-state index contributed by atoms with van der Waals surface area (Å²) in [6.45, 7) is 2.80. The van der Waals surface area contributed by atoms with E-state index in [4.69, 9.17) is 0 Å². The van der Waals surface area contributed by atoms with E-state index in [1.165, 1.54) is 18.3 Å². The molecule has 0 aromatic carbocycles. The number of halogens is 1. The van der Waals surface area contributed by atoms with E-state index >= 15 is 0 Å². The first-order chi connectivity index (χ1) is 8.20. The second-order valence-corrected chi connectivity index (χ2v) is 3.68. The van der Waals surface area contributed by atoms with Crippen molar-refractivity contribution in [3.05, 3.63) is 47.8 Å². The van der Waals surface area contributed by atoms with Crippen LogP contribution >= 0.6 is 0 Å². The lowest BCUT2D eigenvalue weighted by molar-refractivity contribution is 0.103. The highest BCUT2D eigenvalue weighted by Gasteiger charge is 2.12. The molecule has 0 fully saturated rings. The number of carbonyl (C=O) groups excluding carboxylic acids is 1. The fourth-order valence-corrected chi connectivity index (χ4v) is 1.49. The maximum absolute atomic E-state index is 12.7. The van der Waals surface area contributed by atoms with Crippen molar-refractivity contribution in [2.45, 2.75) is 19.9 Å². The van der Waals surface area contributed by atoms with Crippen LogP contribution in [0, 0.1) is 5.82 Å². The highest BCUT2D eigenvalue weighted by atomic mass is 19.1. The van der Waals surface area contributed by atoms with Crippen LogP contribution in [0.25, 0.3) is 0 Å². The van der Waals surface area contributed by atoms with Gasteiger partial charge in [-0.15, -0.1) is 0 Å². The van der Waals surface area contributed by atoms with Crippen LogP contribution in [-0.4, -0.2) is 20.5 Å². The van der Waals surface area contributed by atoms with Gasteiger partial charge in [0.1, 0.15) is 11.5 Å². The van der Waals surface area contributed by atoms with E-state index in [0.29, 0.717) is 5.56 Å². The van der Waals surface area contributed by atoms with E-state index in [9.17, 15) is 9.18 Å². The van der Waals surface area contributed by atoms with Crippen LogP contribution in [0.2, 0.25) is 0 Å². The van der Waals surface area contributed by atoms with Crippen LogP contribution < -0.4 is 0 Å². The van der Waals surface area contributed by atoms with Crippen molar-refractivity contribution in [2.75, 3.05) is 0 Å². The minimum atomic E-state index is -0.455. The molecule has 88 valence electrons. The number of hydrogen-bond donors (Lipinski definition) is 0. The topological polar surface area (TPSA) is 47.8 Å². The maximum atomic E-state index is 12.7. The van der Waals surface area contributed by atoms with Gasteiger partial charge in [-0.25, -0.2) is 9.37 Å². The van der Waals surface area contributed by atoms with E-state index in [-0.39, 0.29) is 11.5 Å². The van der Waals surface area contributed by atoms with Gasteiger partial charge in [0.25, 0.3) is 0 Å². The third kappa shape index (κ3) is 2.55. The molecular formula is C12H12FN3O. The summed E-state index contributed by atoms with van der Waals surface area (Å²) < 4.78 is 14.4. The number of carbonyl (C=O) groups is 1. The van der Waals surface area contributed by atoms with E-state index < -0.39 is 5.82 Å². The molecule has 0 saturated heterocycles. The average Bonchev–Trinajstić information content (AvgIpc) is 2.78. The van der Waals surface area contributed by atoms with Crippen molar-refractivity contribution in [3.8, 4) is 0 Å². The van der Waals surface area contributed by atoms with Gasteiger partial charge in [0, 0.05) is 12.7 Å². The van der Waals surface area contributed by atoms with Crippen LogP contribution in [0.15, 0.2) is 30.7 Å². The molecule has 2 rings (SSSR count). The summed E-state index contributed by atoms with van der Waals surface area (Å²) in [5.41, 5.74) is 0.694. The van der Waals surface area contributed by atoms with Gasteiger partial charge >= 0.3 is 0 Å². The molecule has 0 atom stereocenters. The van der Waals surface area contributed by atoms with Gasteiger partial charge in [-0.05, 0) is 18.6 Å². The largest absolute Gasteiger partial charge is 0.287 e. The van der Waals surface area contributed by atoms with E-state index in [1.807, 2.05) is 6.92 Å². The third-order valence-corrected chi connectivity index (χ3v) is 2.31. The third-order valence-electron chi connectivity index (χ3n) is 2.31. The van der Waals surface area contributed by atoms with Gasteiger partial charge in [-0.2, -0.15) is 5.10 Å². The summed E-state index contributed by atoms with van der Waals surface area (Å²) in [7, 11) is 0. The van der Waals surface area contributed by atoms with E-state index in [1.54, 1.807) is 10.9 Å². The normalized spacial score (nSPS) is 10.5. The molecule has 0 aliphatic rings. The first kappa shape index (κ1) is 11.4. The molecule has 2 aromatic heterocycles. The maximum Gasteiger partial charge on any atom is 0.214 e. The van der Waals surface area contributed by atoms with Gasteiger partial charge in [-0.3, -0.25) is 9.48 Å². The number of aromatic nitrogens is 3. The van der Waals surface area contributed by atoms with Crippen molar-refractivity contribution in [1.82, 2.24) is 14.8 Å². The molecule has 0 aliphatic heterocycles.